The van der Waals surface area contributed by atoms with Gasteiger partial charge in [-0.2, -0.15) is 0 Å². The largest absolute Gasteiger partial charge is 0.316 e. The van der Waals surface area contributed by atoms with E-state index >= 15 is 0 Å². The lowest BCUT2D eigenvalue weighted by atomic mass is 9.86. The summed E-state index contributed by atoms with van der Waals surface area (Å²) in [7, 11) is 0. The maximum atomic E-state index is 3.46. The molecular weight excluding hydrogens is 220 g/mol. The molecule has 2 heterocycles. The Bertz CT molecular complexity index is 187. The topological polar surface area (TPSA) is 24.1 Å². The molecule has 2 spiro atoms. The average molecular weight is 250 g/mol. The summed E-state index contributed by atoms with van der Waals surface area (Å²) in [4.78, 5) is 0. The molecule has 0 atom stereocenters. The summed E-state index contributed by atoms with van der Waals surface area (Å²) < 4.78 is 0. The van der Waals surface area contributed by atoms with Crippen LogP contribution in [-0.4, -0.2) is 26.2 Å². The number of hydrogen-bond donors (Lipinski definition) is 2. The van der Waals surface area contributed by atoms with Gasteiger partial charge in [0.05, 0.1) is 0 Å². The Morgan fingerprint density at radius 2 is 0.889 bits per heavy atom. The molecule has 2 saturated carbocycles. The van der Waals surface area contributed by atoms with Crippen molar-refractivity contribution in [2.75, 3.05) is 26.2 Å². The lowest BCUT2D eigenvalue weighted by Crippen LogP contribution is -2.19. The van der Waals surface area contributed by atoms with Gasteiger partial charge >= 0.3 is 0 Å². The van der Waals surface area contributed by atoms with Gasteiger partial charge in [0.1, 0.15) is 0 Å². The van der Waals surface area contributed by atoms with Crippen LogP contribution in [0.5, 0.6) is 0 Å². The smallest absolute Gasteiger partial charge is 0.000829 e. The molecule has 0 unspecified atom stereocenters. The van der Waals surface area contributed by atoms with Crippen LogP contribution in [0.15, 0.2) is 0 Å². The Labute approximate surface area is 112 Å². The Hall–Kier alpha value is -0.0800. The molecule has 0 amide bonds. The zero-order chi connectivity index (χ0) is 12.3. The molecule has 0 bridgehead atoms. The van der Waals surface area contributed by atoms with Crippen LogP contribution in [-0.2, 0) is 0 Å². The first-order valence-corrected chi connectivity index (χ1v) is 8.24. The van der Waals surface area contributed by atoms with Gasteiger partial charge in [-0.3, -0.25) is 0 Å². The minimum Gasteiger partial charge on any atom is -0.316 e. The Morgan fingerprint density at radius 3 is 1.17 bits per heavy atom. The highest BCUT2D eigenvalue weighted by atomic mass is 14.9. The van der Waals surface area contributed by atoms with Gasteiger partial charge in [0.2, 0.25) is 0 Å². The third-order valence-electron chi connectivity index (χ3n) is 5.99. The van der Waals surface area contributed by atoms with Crippen LogP contribution < -0.4 is 10.6 Å². The second-order valence-corrected chi connectivity index (χ2v) is 7.27. The molecule has 2 nitrogen and oxygen atoms in total. The highest BCUT2D eigenvalue weighted by molar-refractivity contribution is 4.91. The molecule has 0 aromatic rings. The standard InChI is InChI=1S/2C8H15N/c2*1-2-4-8(3-1)5-6-9-7-8/h2*9H,1-7H2. The third kappa shape index (κ3) is 2.75. The summed E-state index contributed by atoms with van der Waals surface area (Å²) in [6.45, 7) is 5.18. The molecule has 0 aromatic carbocycles. The summed E-state index contributed by atoms with van der Waals surface area (Å²) in [6, 6.07) is 0. The third-order valence-corrected chi connectivity index (χ3v) is 5.99. The lowest BCUT2D eigenvalue weighted by Gasteiger charge is -2.19. The Kier molecular flexibility index (Phi) is 3.95. The summed E-state index contributed by atoms with van der Waals surface area (Å²) in [5.41, 5.74) is 1.56. The van der Waals surface area contributed by atoms with Crippen LogP contribution in [0.2, 0.25) is 0 Å². The maximum Gasteiger partial charge on any atom is 0.000829 e. The van der Waals surface area contributed by atoms with E-state index in [9.17, 15) is 0 Å². The van der Waals surface area contributed by atoms with Gasteiger partial charge in [-0.1, -0.05) is 25.7 Å². The quantitative estimate of drug-likeness (QED) is 0.690. The molecule has 18 heavy (non-hydrogen) atoms. The van der Waals surface area contributed by atoms with E-state index < -0.39 is 0 Å². The molecule has 104 valence electrons. The lowest BCUT2D eigenvalue weighted by molar-refractivity contribution is 0.336. The molecule has 2 heteroatoms. The maximum absolute atomic E-state index is 3.46. The SMILES string of the molecule is C1CCC2(C1)CCNC2.C1CCC2(C1)CCNC2. The van der Waals surface area contributed by atoms with Crippen molar-refractivity contribution in [3.8, 4) is 0 Å². The van der Waals surface area contributed by atoms with Crippen LogP contribution in [0, 0.1) is 10.8 Å². The minimum absolute atomic E-state index is 0.778. The Morgan fingerprint density at radius 1 is 0.500 bits per heavy atom. The van der Waals surface area contributed by atoms with Gasteiger partial charge in [0, 0.05) is 13.1 Å². The van der Waals surface area contributed by atoms with Crippen molar-refractivity contribution < 1.29 is 0 Å². The van der Waals surface area contributed by atoms with Crippen molar-refractivity contribution >= 4 is 0 Å². The van der Waals surface area contributed by atoms with E-state index in [-0.39, 0.29) is 0 Å². The summed E-state index contributed by atoms with van der Waals surface area (Å²) >= 11 is 0. The molecule has 4 rings (SSSR count). The van der Waals surface area contributed by atoms with Gasteiger partial charge in [0.25, 0.3) is 0 Å². The first kappa shape index (κ1) is 12.9. The van der Waals surface area contributed by atoms with Crippen LogP contribution in [0.4, 0.5) is 0 Å². The molecule has 4 aliphatic rings. The summed E-state index contributed by atoms with van der Waals surface area (Å²) in [5, 5.41) is 6.91. The van der Waals surface area contributed by atoms with Crippen molar-refractivity contribution in [2.24, 2.45) is 10.8 Å². The van der Waals surface area contributed by atoms with Gasteiger partial charge in [-0.25, -0.2) is 0 Å². The van der Waals surface area contributed by atoms with Crippen molar-refractivity contribution in [3.05, 3.63) is 0 Å². The van der Waals surface area contributed by atoms with E-state index in [1.54, 1.807) is 0 Å². The zero-order valence-corrected chi connectivity index (χ0v) is 11.9. The second-order valence-electron chi connectivity index (χ2n) is 7.27. The monoisotopic (exact) mass is 250 g/mol. The van der Waals surface area contributed by atoms with Crippen molar-refractivity contribution in [3.63, 3.8) is 0 Å². The van der Waals surface area contributed by atoms with Crippen LogP contribution in [0.3, 0.4) is 0 Å². The van der Waals surface area contributed by atoms with Crippen molar-refractivity contribution in [2.45, 2.75) is 64.2 Å². The summed E-state index contributed by atoms with van der Waals surface area (Å²) in [5.74, 6) is 0. The second kappa shape index (κ2) is 5.50. The molecule has 0 aromatic heterocycles. The average Bonchev–Trinajstić information content (AvgIpc) is 3.16. The number of rotatable bonds is 0. The molecule has 2 aliphatic carbocycles. The summed E-state index contributed by atoms with van der Waals surface area (Å²) in [6.07, 6.45) is 14.9. The normalized spacial score (nSPS) is 32.0. The van der Waals surface area contributed by atoms with Crippen molar-refractivity contribution in [1.29, 1.82) is 0 Å². The molecule has 4 fully saturated rings. The fourth-order valence-electron chi connectivity index (χ4n) is 4.69. The first-order valence-electron chi connectivity index (χ1n) is 8.24. The van der Waals surface area contributed by atoms with Gasteiger partial charge < -0.3 is 10.6 Å². The molecular formula is C16H30N2. The Balaban J connectivity index is 0.000000111. The zero-order valence-electron chi connectivity index (χ0n) is 11.9. The minimum atomic E-state index is 0.778. The van der Waals surface area contributed by atoms with Gasteiger partial charge in [-0.15, -0.1) is 0 Å². The molecule has 2 aliphatic heterocycles. The number of hydrogen-bond acceptors (Lipinski definition) is 2. The van der Waals surface area contributed by atoms with Crippen LogP contribution >= 0.6 is 0 Å². The van der Waals surface area contributed by atoms with E-state index in [0.29, 0.717) is 0 Å². The van der Waals surface area contributed by atoms with Crippen molar-refractivity contribution in [1.82, 2.24) is 10.6 Å². The first-order chi connectivity index (χ1) is 8.83. The van der Waals surface area contributed by atoms with E-state index in [0.717, 1.165) is 10.8 Å². The highest BCUT2D eigenvalue weighted by Crippen LogP contribution is 2.43. The highest BCUT2D eigenvalue weighted by Gasteiger charge is 2.36. The number of nitrogens with one attached hydrogen (secondary N) is 2. The fraction of sp³-hybridized carbons (Fsp3) is 1.00. The molecule has 0 radical (unpaired) electrons. The predicted molar refractivity (Wildman–Crippen MR) is 76.8 cm³/mol. The van der Waals surface area contributed by atoms with E-state index in [1.807, 2.05) is 0 Å². The van der Waals surface area contributed by atoms with Crippen LogP contribution in [0.1, 0.15) is 64.2 Å². The van der Waals surface area contributed by atoms with Crippen LogP contribution in [0.25, 0.3) is 0 Å². The van der Waals surface area contributed by atoms with E-state index in [4.69, 9.17) is 0 Å². The predicted octanol–water partition coefficient (Wildman–Crippen LogP) is 3.08. The molecule has 2 N–H and O–H groups in total. The molecule has 2 saturated heterocycles. The van der Waals surface area contributed by atoms with E-state index in [2.05, 4.69) is 10.6 Å². The van der Waals surface area contributed by atoms with Gasteiger partial charge in [-0.05, 0) is 62.4 Å². The fourth-order valence-corrected chi connectivity index (χ4v) is 4.69. The van der Waals surface area contributed by atoms with E-state index in [1.165, 1.54) is 90.4 Å². The van der Waals surface area contributed by atoms with Gasteiger partial charge in [0.15, 0.2) is 0 Å².